The van der Waals surface area contributed by atoms with Gasteiger partial charge in [-0.3, -0.25) is 19.2 Å². The van der Waals surface area contributed by atoms with E-state index in [1.807, 2.05) is 0 Å². The van der Waals surface area contributed by atoms with Gasteiger partial charge in [0.1, 0.15) is 17.8 Å². The first kappa shape index (κ1) is 30.4. The Balaban J connectivity index is 1.29. The quantitative estimate of drug-likeness (QED) is 0.276. The number of amides is 4. The molecule has 1 aromatic carbocycles. The molecule has 2 aromatic rings. The largest absolute Gasteiger partial charge is 0.497 e. The number of carboxylic acid groups (broad SMARTS) is 2. The number of aliphatic carboxylic acids is 2. The SMILES string of the molecule is COc1ccc(C(=O)NC2CCN(C(=O)CSCC(=O)N3CCC(NC(=O)c4ccco4)C3C(=O)O)C2C(=O)O)cc1. The highest BCUT2D eigenvalue weighted by Crippen LogP contribution is 2.23. The summed E-state index contributed by atoms with van der Waals surface area (Å²) >= 11 is 0.929. The molecule has 4 unspecified atom stereocenters. The van der Waals surface area contributed by atoms with Gasteiger partial charge in [-0.05, 0) is 49.2 Å². The van der Waals surface area contributed by atoms with E-state index in [9.17, 15) is 39.0 Å². The van der Waals surface area contributed by atoms with Gasteiger partial charge in [0.2, 0.25) is 11.8 Å². The van der Waals surface area contributed by atoms with Crippen molar-refractivity contribution in [2.24, 2.45) is 0 Å². The third-order valence-corrected chi connectivity index (χ3v) is 8.03. The highest BCUT2D eigenvalue weighted by molar-refractivity contribution is 8.00. The number of likely N-dealkylation sites (tertiary alicyclic amines) is 2. The van der Waals surface area contributed by atoms with E-state index in [1.54, 1.807) is 24.3 Å². The first-order chi connectivity index (χ1) is 20.1. The van der Waals surface area contributed by atoms with Crippen LogP contribution in [0.25, 0.3) is 0 Å². The highest BCUT2D eigenvalue weighted by atomic mass is 32.2. The van der Waals surface area contributed by atoms with Crippen LogP contribution < -0.4 is 15.4 Å². The van der Waals surface area contributed by atoms with E-state index in [2.05, 4.69) is 10.6 Å². The Bertz CT molecular complexity index is 1330. The number of nitrogens with zero attached hydrogens (tertiary/aromatic N) is 2. The average molecular weight is 603 g/mol. The minimum absolute atomic E-state index is 0.0158. The average Bonchev–Trinajstić information content (AvgIpc) is 3.73. The standard InChI is InChI=1S/C27H30N4O10S/c1-40-16-6-4-15(5-7-16)24(34)28-17-8-10-30(22(17)26(36)37)20(32)13-42-14-21(33)31-11-9-18(23(31)27(38)39)29-25(35)19-3-2-12-41-19/h2-7,12,17-18,22-23H,8-11,13-14H2,1H3,(H,28,34)(H,29,35)(H,36,37)(H,38,39). The van der Waals surface area contributed by atoms with Crippen molar-refractivity contribution in [3.8, 4) is 5.75 Å². The van der Waals surface area contributed by atoms with Gasteiger partial charge in [0, 0.05) is 18.7 Å². The molecule has 42 heavy (non-hydrogen) atoms. The van der Waals surface area contributed by atoms with Gasteiger partial charge in [-0.15, -0.1) is 11.8 Å². The summed E-state index contributed by atoms with van der Waals surface area (Å²) in [7, 11) is 1.49. The van der Waals surface area contributed by atoms with Crippen LogP contribution in [0, 0.1) is 0 Å². The second-order valence-electron chi connectivity index (χ2n) is 9.68. The number of ether oxygens (including phenoxy) is 1. The van der Waals surface area contributed by atoms with Crippen molar-refractivity contribution in [1.82, 2.24) is 20.4 Å². The van der Waals surface area contributed by atoms with Crippen molar-refractivity contribution in [2.75, 3.05) is 31.7 Å². The van der Waals surface area contributed by atoms with E-state index in [0.29, 0.717) is 11.3 Å². The number of hydrogen-bond acceptors (Lipinski definition) is 9. The van der Waals surface area contributed by atoms with E-state index in [1.165, 1.54) is 25.5 Å². The van der Waals surface area contributed by atoms with Gasteiger partial charge in [0.05, 0.1) is 37.0 Å². The molecule has 14 nitrogen and oxygen atoms in total. The molecule has 0 radical (unpaired) electrons. The number of carboxylic acids is 2. The number of methoxy groups -OCH3 is 1. The van der Waals surface area contributed by atoms with Gasteiger partial charge in [-0.2, -0.15) is 0 Å². The van der Waals surface area contributed by atoms with Crippen molar-refractivity contribution >= 4 is 47.3 Å². The Labute approximate surface area is 244 Å². The molecule has 0 spiro atoms. The third-order valence-electron chi connectivity index (χ3n) is 7.12. The number of furan rings is 1. The number of rotatable bonds is 11. The summed E-state index contributed by atoms with van der Waals surface area (Å²) in [5.74, 6) is -4.57. The van der Waals surface area contributed by atoms with Crippen LogP contribution in [0.1, 0.15) is 33.8 Å². The zero-order valence-electron chi connectivity index (χ0n) is 22.6. The molecular weight excluding hydrogens is 572 g/mol. The van der Waals surface area contributed by atoms with Crippen molar-refractivity contribution in [1.29, 1.82) is 0 Å². The Hall–Kier alpha value is -4.53. The topological polar surface area (TPSA) is 196 Å². The third kappa shape index (κ3) is 6.84. The fraction of sp³-hybridized carbons (Fsp3) is 0.407. The van der Waals surface area contributed by atoms with Crippen LogP contribution in [0.15, 0.2) is 47.1 Å². The van der Waals surface area contributed by atoms with Crippen LogP contribution in [-0.4, -0.2) is 111 Å². The highest BCUT2D eigenvalue weighted by Gasteiger charge is 2.44. The van der Waals surface area contributed by atoms with Crippen LogP contribution >= 0.6 is 11.8 Å². The van der Waals surface area contributed by atoms with E-state index in [-0.39, 0.29) is 43.2 Å². The Kier molecular flexibility index (Phi) is 9.72. The predicted molar refractivity (Wildman–Crippen MR) is 147 cm³/mol. The summed E-state index contributed by atoms with van der Waals surface area (Å²) < 4.78 is 10.1. The lowest BCUT2D eigenvalue weighted by atomic mass is 10.1. The first-order valence-corrected chi connectivity index (χ1v) is 14.2. The minimum Gasteiger partial charge on any atom is -0.497 e. The van der Waals surface area contributed by atoms with Crippen molar-refractivity contribution in [3.05, 3.63) is 54.0 Å². The molecule has 2 saturated heterocycles. The summed E-state index contributed by atoms with van der Waals surface area (Å²) in [6, 6.07) is 5.01. The molecule has 4 atom stereocenters. The molecule has 2 aliphatic heterocycles. The lowest BCUT2D eigenvalue weighted by Gasteiger charge is -2.26. The van der Waals surface area contributed by atoms with Gasteiger partial charge < -0.3 is 39.8 Å². The zero-order chi connectivity index (χ0) is 30.4. The molecule has 224 valence electrons. The normalized spacial score (nSPS) is 21.5. The molecule has 2 aliphatic rings. The Morgan fingerprint density at radius 2 is 1.38 bits per heavy atom. The fourth-order valence-corrected chi connectivity index (χ4v) is 5.87. The van der Waals surface area contributed by atoms with Gasteiger partial charge in [-0.1, -0.05) is 0 Å². The summed E-state index contributed by atoms with van der Waals surface area (Å²) in [5, 5.41) is 24.8. The second-order valence-corrected chi connectivity index (χ2v) is 10.7. The molecular formula is C27H30N4O10S. The summed E-state index contributed by atoms with van der Waals surface area (Å²) in [4.78, 5) is 77.1. The maximum atomic E-state index is 12.9. The monoisotopic (exact) mass is 602 g/mol. The van der Waals surface area contributed by atoms with E-state index in [0.717, 1.165) is 21.6 Å². The molecule has 0 bridgehead atoms. The maximum Gasteiger partial charge on any atom is 0.328 e. The van der Waals surface area contributed by atoms with Crippen molar-refractivity contribution in [2.45, 2.75) is 37.0 Å². The van der Waals surface area contributed by atoms with Crippen LogP contribution in [-0.2, 0) is 19.2 Å². The molecule has 1 aromatic heterocycles. The number of nitrogens with one attached hydrogen (secondary N) is 2. The zero-order valence-corrected chi connectivity index (χ0v) is 23.4. The van der Waals surface area contributed by atoms with Gasteiger partial charge in [0.25, 0.3) is 11.8 Å². The first-order valence-electron chi connectivity index (χ1n) is 13.0. The van der Waals surface area contributed by atoms with E-state index in [4.69, 9.17) is 9.15 Å². The fourth-order valence-electron chi connectivity index (χ4n) is 5.09. The molecule has 15 heteroatoms. The van der Waals surface area contributed by atoms with Gasteiger partial charge in [0.15, 0.2) is 5.76 Å². The van der Waals surface area contributed by atoms with Crippen molar-refractivity contribution < 1.29 is 48.1 Å². The van der Waals surface area contributed by atoms with Crippen LogP contribution in [0.4, 0.5) is 0 Å². The second kappa shape index (κ2) is 13.4. The molecule has 3 heterocycles. The number of hydrogen-bond donors (Lipinski definition) is 4. The van der Waals surface area contributed by atoms with E-state index >= 15 is 0 Å². The smallest absolute Gasteiger partial charge is 0.328 e. The molecule has 0 saturated carbocycles. The van der Waals surface area contributed by atoms with E-state index < -0.39 is 59.7 Å². The van der Waals surface area contributed by atoms with Gasteiger partial charge in [-0.25, -0.2) is 9.59 Å². The summed E-state index contributed by atoms with van der Waals surface area (Å²) in [6.07, 6.45) is 1.76. The minimum atomic E-state index is -1.29. The number of thioether (sulfide) groups is 1. The summed E-state index contributed by atoms with van der Waals surface area (Å²) in [6.45, 7) is 0.193. The molecule has 4 rings (SSSR count). The number of benzene rings is 1. The Morgan fingerprint density at radius 3 is 1.83 bits per heavy atom. The lowest BCUT2D eigenvalue weighted by molar-refractivity contribution is -0.147. The molecule has 0 aliphatic carbocycles. The van der Waals surface area contributed by atoms with Gasteiger partial charge >= 0.3 is 11.9 Å². The van der Waals surface area contributed by atoms with Crippen LogP contribution in [0.3, 0.4) is 0 Å². The lowest BCUT2D eigenvalue weighted by Crippen LogP contribution is -2.52. The Morgan fingerprint density at radius 1 is 0.857 bits per heavy atom. The number of carbonyl (C=O) groups excluding carboxylic acids is 4. The van der Waals surface area contributed by atoms with Crippen molar-refractivity contribution in [3.63, 3.8) is 0 Å². The van der Waals surface area contributed by atoms with Crippen LogP contribution in [0.5, 0.6) is 5.75 Å². The maximum absolute atomic E-state index is 12.9. The molecule has 2 fully saturated rings. The predicted octanol–water partition coefficient (Wildman–Crippen LogP) is 0.289. The van der Waals surface area contributed by atoms with Crippen LogP contribution in [0.2, 0.25) is 0 Å². The number of carbonyl (C=O) groups is 6. The molecule has 4 amide bonds. The molecule has 4 N–H and O–H groups in total. The summed E-state index contributed by atoms with van der Waals surface area (Å²) in [5.41, 5.74) is 0.308.